The van der Waals surface area contributed by atoms with E-state index in [1.807, 2.05) is 38.1 Å². The molecule has 1 N–H and O–H groups in total. The Balaban J connectivity index is 1.50. The Kier molecular flexibility index (Phi) is 5.44. The van der Waals surface area contributed by atoms with Crippen LogP contribution in [0.2, 0.25) is 0 Å². The zero-order valence-electron chi connectivity index (χ0n) is 17.0. The van der Waals surface area contributed by atoms with E-state index in [-0.39, 0.29) is 11.4 Å². The monoisotopic (exact) mass is 378 g/mol. The summed E-state index contributed by atoms with van der Waals surface area (Å²) >= 11 is 0. The summed E-state index contributed by atoms with van der Waals surface area (Å²) in [5.74, 6) is 0.00517. The molecular weight excluding hydrogens is 348 g/mol. The second kappa shape index (κ2) is 8.00. The second-order valence-electron chi connectivity index (χ2n) is 8.33. The molecule has 148 valence electrons. The molecule has 0 radical (unpaired) electrons. The lowest BCUT2D eigenvalue weighted by Crippen LogP contribution is -2.53. The van der Waals surface area contributed by atoms with E-state index in [1.54, 1.807) is 6.20 Å². The third-order valence-corrected chi connectivity index (χ3v) is 6.36. The van der Waals surface area contributed by atoms with E-state index in [0.29, 0.717) is 5.56 Å². The van der Waals surface area contributed by atoms with Crippen molar-refractivity contribution in [2.75, 3.05) is 19.6 Å². The van der Waals surface area contributed by atoms with Gasteiger partial charge < -0.3 is 5.32 Å². The highest BCUT2D eigenvalue weighted by Crippen LogP contribution is 2.37. The zero-order valence-corrected chi connectivity index (χ0v) is 17.0. The molecule has 1 saturated heterocycles. The van der Waals surface area contributed by atoms with E-state index < -0.39 is 0 Å². The lowest BCUT2D eigenvalue weighted by Gasteiger charge is -2.39. The Morgan fingerprint density at radius 2 is 1.89 bits per heavy atom. The van der Waals surface area contributed by atoms with Gasteiger partial charge in [0.25, 0.3) is 5.91 Å². The molecule has 0 unspecified atom stereocenters. The minimum atomic E-state index is 0.00517. The minimum Gasteiger partial charge on any atom is -0.350 e. The van der Waals surface area contributed by atoms with Crippen molar-refractivity contribution in [3.05, 3.63) is 47.4 Å². The van der Waals surface area contributed by atoms with Crippen LogP contribution in [0.15, 0.2) is 30.5 Å². The molecule has 0 spiro atoms. The van der Waals surface area contributed by atoms with Crippen LogP contribution in [0.25, 0.3) is 11.3 Å². The summed E-state index contributed by atoms with van der Waals surface area (Å²) in [6, 6.07) is 7.74. The van der Waals surface area contributed by atoms with Gasteiger partial charge in [-0.3, -0.25) is 14.7 Å². The first-order valence-electron chi connectivity index (χ1n) is 10.5. The van der Waals surface area contributed by atoms with Gasteiger partial charge in [-0.1, -0.05) is 25.0 Å². The van der Waals surface area contributed by atoms with E-state index in [1.165, 1.54) is 51.6 Å². The third kappa shape index (κ3) is 3.81. The van der Waals surface area contributed by atoms with E-state index in [0.717, 1.165) is 29.2 Å². The fourth-order valence-electron chi connectivity index (χ4n) is 4.79. The predicted octanol–water partition coefficient (Wildman–Crippen LogP) is 3.90. The number of rotatable bonds is 5. The Bertz CT molecular complexity index is 851. The van der Waals surface area contributed by atoms with Crippen LogP contribution in [0.3, 0.4) is 0 Å². The van der Waals surface area contributed by atoms with Crippen LogP contribution >= 0.6 is 0 Å². The molecule has 2 fully saturated rings. The standard InChI is InChI=1S/C23H30N4O/c1-17-15-24-18(2)21(26-17)19-8-7-9-20(14-19)22(28)25-16-23(10-3-4-11-23)27-12-5-6-13-27/h7-9,14-15H,3-6,10-13,16H2,1-2H3,(H,25,28). The van der Waals surface area contributed by atoms with E-state index >= 15 is 0 Å². The van der Waals surface area contributed by atoms with Gasteiger partial charge >= 0.3 is 0 Å². The second-order valence-corrected chi connectivity index (χ2v) is 8.33. The smallest absolute Gasteiger partial charge is 0.251 e. The molecule has 2 aliphatic rings. The summed E-state index contributed by atoms with van der Waals surface area (Å²) in [7, 11) is 0. The van der Waals surface area contributed by atoms with Crippen molar-refractivity contribution in [1.82, 2.24) is 20.2 Å². The molecule has 0 bridgehead atoms. The number of aryl methyl sites for hydroxylation is 2. The molecule has 1 amide bonds. The lowest BCUT2D eigenvalue weighted by atomic mass is 9.95. The summed E-state index contributed by atoms with van der Waals surface area (Å²) in [6.07, 6.45) is 9.29. The molecule has 0 atom stereocenters. The number of amides is 1. The van der Waals surface area contributed by atoms with Gasteiger partial charge in [0.2, 0.25) is 0 Å². The van der Waals surface area contributed by atoms with Crippen LogP contribution in [0.5, 0.6) is 0 Å². The number of carbonyl (C=O) groups is 1. The fourth-order valence-corrected chi connectivity index (χ4v) is 4.79. The van der Waals surface area contributed by atoms with Gasteiger partial charge in [-0.15, -0.1) is 0 Å². The van der Waals surface area contributed by atoms with Crippen molar-refractivity contribution in [3.8, 4) is 11.3 Å². The van der Waals surface area contributed by atoms with Crippen molar-refractivity contribution in [2.24, 2.45) is 0 Å². The normalized spacial score (nSPS) is 19.1. The summed E-state index contributed by atoms with van der Waals surface area (Å²) < 4.78 is 0. The Morgan fingerprint density at radius 1 is 1.14 bits per heavy atom. The van der Waals surface area contributed by atoms with E-state index in [2.05, 4.69) is 20.2 Å². The average molecular weight is 379 g/mol. The number of hydrogen-bond acceptors (Lipinski definition) is 4. The quantitative estimate of drug-likeness (QED) is 0.857. The maximum atomic E-state index is 12.9. The molecule has 1 aromatic heterocycles. The summed E-state index contributed by atoms with van der Waals surface area (Å²) in [5, 5.41) is 3.25. The lowest BCUT2D eigenvalue weighted by molar-refractivity contribution is 0.0860. The van der Waals surface area contributed by atoms with E-state index in [4.69, 9.17) is 0 Å². The van der Waals surface area contributed by atoms with Crippen molar-refractivity contribution in [3.63, 3.8) is 0 Å². The molecule has 2 heterocycles. The number of nitrogens with zero attached hydrogens (tertiary/aromatic N) is 3. The first-order valence-corrected chi connectivity index (χ1v) is 10.5. The summed E-state index contributed by atoms with van der Waals surface area (Å²) in [5.41, 5.74) is 4.40. The molecule has 1 aliphatic heterocycles. The molecule has 1 saturated carbocycles. The first-order chi connectivity index (χ1) is 13.6. The molecule has 1 aliphatic carbocycles. The van der Waals surface area contributed by atoms with Crippen molar-refractivity contribution >= 4 is 5.91 Å². The SMILES string of the molecule is Cc1cnc(C)c(-c2cccc(C(=O)NCC3(N4CCCC4)CCCC3)c2)n1. The van der Waals surface area contributed by atoms with E-state index in [9.17, 15) is 4.79 Å². The van der Waals surface area contributed by atoms with Crippen molar-refractivity contribution < 1.29 is 4.79 Å². The van der Waals surface area contributed by atoms with Crippen LogP contribution in [0.1, 0.15) is 60.3 Å². The molecule has 5 nitrogen and oxygen atoms in total. The summed E-state index contributed by atoms with van der Waals surface area (Å²) in [4.78, 5) is 24.6. The number of nitrogens with one attached hydrogen (secondary N) is 1. The number of aromatic nitrogens is 2. The predicted molar refractivity (Wildman–Crippen MR) is 111 cm³/mol. The Morgan fingerprint density at radius 3 is 2.64 bits per heavy atom. The van der Waals surface area contributed by atoms with Gasteiger partial charge in [-0.25, -0.2) is 4.98 Å². The first kappa shape index (κ1) is 19.1. The maximum Gasteiger partial charge on any atom is 0.251 e. The number of hydrogen-bond donors (Lipinski definition) is 1. The molecule has 5 heteroatoms. The minimum absolute atomic E-state index is 0.00517. The van der Waals surface area contributed by atoms with Crippen LogP contribution in [0, 0.1) is 13.8 Å². The van der Waals surface area contributed by atoms with Gasteiger partial charge in [0.1, 0.15) is 0 Å². The number of carbonyl (C=O) groups excluding carboxylic acids is 1. The van der Waals surface area contributed by atoms with Gasteiger partial charge in [0, 0.05) is 29.4 Å². The molecule has 28 heavy (non-hydrogen) atoms. The molecular formula is C23H30N4O. The highest BCUT2D eigenvalue weighted by molar-refractivity contribution is 5.95. The zero-order chi connectivity index (χ0) is 19.6. The molecule has 4 rings (SSSR count). The van der Waals surface area contributed by atoms with Crippen LogP contribution in [-0.4, -0.2) is 45.9 Å². The highest BCUT2D eigenvalue weighted by atomic mass is 16.1. The topological polar surface area (TPSA) is 58.1 Å². The fraction of sp³-hybridized carbons (Fsp3) is 0.522. The molecule has 1 aromatic carbocycles. The molecule has 2 aromatic rings. The van der Waals surface area contributed by atoms with Gasteiger partial charge in [-0.05, 0) is 64.8 Å². The highest BCUT2D eigenvalue weighted by Gasteiger charge is 2.40. The summed E-state index contributed by atoms with van der Waals surface area (Å²) in [6.45, 7) is 6.99. The maximum absolute atomic E-state index is 12.9. The largest absolute Gasteiger partial charge is 0.350 e. The van der Waals surface area contributed by atoms with Gasteiger partial charge in [0.05, 0.1) is 17.1 Å². The van der Waals surface area contributed by atoms with Crippen LogP contribution < -0.4 is 5.32 Å². The Labute approximate surface area is 167 Å². The Hall–Kier alpha value is -2.27. The number of likely N-dealkylation sites (tertiary alicyclic amines) is 1. The average Bonchev–Trinajstić information content (AvgIpc) is 3.41. The van der Waals surface area contributed by atoms with Crippen LogP contribution in [-0.2, 0) is 0 Å². The van der Waals surface area contributed by atoms with Gasteiger partial charge in [-0.2, -0.15) is 0 Å². The van der Waals surface area contributed by atoms with Crippen molar-refractivity contribution in [2.45, 2.75) is 57.9 Å². The number of benzene rings is 1. The third-order valence-electron chi connectivity index (χ3n) is 6.36. The van der Waals surface area contributed by atoms with Crippen molar-refractivity contribution in [1.29, 1.82) is 0 Å². The van der Waals surface area contributed by atoms with Crippen LogP contribution in [0.4, 0.5) is 0 Å². The van der Waals surface area contributed by atoms with Gasteiger partial charge in [0.15, 0.2) is 0 Å².